The Balaban J connectivity index is 1.99. The van der Waals surface area contributed by atoms with Gasteiger partial charge in [0, 0.05) is 25.2 Å². The van der Waals surface area contributed by atoms with Crippen LogP contribution in [0, 0.1) is 6.92 Å². The van der Waals surface area contributed by atoms with Crippen LogP contribution in [0.1, 0.15) is 31.4 Å². The van der Waals surface area contributed by atoms with Gasteiger partial charge in [-0.25, -0.2) is 0 Å². The predicted molar refractivity (Wildman–Crippen MR) is 62.1 cm³/mol. The molecule has 1 fully saturated rings. The molecule has 1 aliphatic carbocycles. The summed E-state index contributed by atoms with van der Waals surface area (Å²) in [6.45, 7) is 1.98. The first kappa shape index (κ1) is 10.6. The number of furan rings is 1. The zero-order chi connectivity index (χ0) is 10.8. The molecule has 84 valence electrons. The molecule has 1 aromatic rings. The van der Waals surface area contributed by atoms with Gasteiger partial charge in [-0.3, -0.25) is 0 Å². The molecule has 0 spiro atoms. The standard InChI is InChI=1S/C12H20N2O/c1-9-3-8-12(15-9)14(2)11-6-4-10(13)5-7-11/h3,8,10-11H,4-7,13H2,1-2H3. The van der Waals surface area contributed by atoms with E-state index in [9.17, 15) is 0 Å². The highest BCUT2D eigenvalue weighted by Gasteiger charge is 2.23. The Morgan fingerprint density at radius 1 is 1.27 bits per heavy atom. The molecule has 2 rings (SSSR count). The van der Waals surface area contributed by atoms with Gasteiger partial charge < -0.3 is 15.1 Å². The number of anilines is 1. The van der Waals surface area contributed by atoms with E-state index in [0.717, 1.165) is 24.5 Å². The number of nitrogens with zero attached hydrogens (tertiary/aromatic N) is 1. The summed E-state index contributed by atoms with van der Waals surface area (Å²) in [5.41, 5.74) is 5.90. The average molecular weight is 208 g/mol. The summed E-state index contributed by atoms with van der Waals surface area (Å²) in [6.07, 6.45) is 4.62. The minimum Gasteiger partial charge on any atom is -0.446 e. The van der Waals surface area contributed by atoms with Gasteiger partial charge in [-0.2, -0.15) is 0 Å². The molecular weight excluding hydrogens is 188 g/mol. The van der Waals surface area contributed by atoms with E-state index in [1.54, 1.807) is 0 Å². The molecule has 0 radical (unpaired) electrons. The molecule has 1 aromatic heterocycles. The Hall–Kier alpha value is -0.960. The summed E-state index contributed by atoms with van der Waals surface area (Å²) in [4.78, 5) is 2.25. The monoisotopic (exact) mass is 208 g/mol. The van der Waals surface area contributed by atoms with Crippen molar-refractivity contribution in [2.45, 2.75) is 44.7 Å². The second-order valence-electron chi connectivity index (χ2n) is 4.56. The summed E-state index contributed by atoms with van der Waals surface area (Å²) in [7, 11) is 2.11. The Labute approximate surface area is 91.2 Å². The van der Waals surface area contributed by atoms with Crippen molar-refractivity contribution in [2.24, 2.45) is 5.73 Å². The maximum Gasteiger partial charge on any atom is 0.195 e. The van der Waals surface area contributed by atoms with Gasteiger partial charge in [0.05, 0.1) is 0 Å². The van der Waals surface area contributed by atoms with Crippen LogP contribution >= 0.6 is 0 Å². The van der Waals surface area contributed by atoms with E-state index in [4.69, 9.17) is 10.2 Å². The van der Waals surface area contributed by atoms with Crippen LogP contribution in [0.4, 0.5) is 5.88 Å². The molecule has 15 heavy (non-hydrogen) atoms. The first-order valence-corrected chi connectivity index (χ1v) is 5.71. The van der Waals surface area contributed by atoms with Crippen molar-refractivity contribution in [2.75, 3.05) is 11.9 Å². The maximum absolute atomic E-state index is 5.90. The highest BCUT2D eigenvalue weighted by molar-refractivity contribution is 5.36. The van der Waals surface area contributed by atoms with E-state index in [1.807, 2.05) is 19.1 Å². The van der Waals surface area contributed by atoms with Gasteiger partial charge in [0.25, 0.3) is 0 Å². The summed E-state index contributed by atoms with van der Waals surface area (Å²) >= 11 is 0. The third-order valence-electron chi connectivity index (χ3n) is 3.36. The van der Waals surface area contributed by atoms with E-state index in [1.165, 1.54) is 12.8 Å². The van der Waals surface area contributed by atoms with Crippen LogP contribution in [0.3, 0.4) is 0 Å². The summed E-state index contributed by atoms with van der Waals surface area (Å²) in [5, 5.41) is 0. The van der Waals surface area contributed by atoms with E-state index >= 15 is 0 Å². The summed E-state index contributed by atoms with van der Waals surface area (Å²) in [5.74, 6) is 1.96. The van der Waals surface area contributed by atoms with Crippen molar-refractivity contribution < 1.29 is 4.42 Å². The fourth-order valence-electron chi connectivity index (χ4n) is 2.28. The fourth-order valence-corrected chi connectivity index (χ4v) is 2.28. The van der Waals surface area contributed by atoms with E-state index in [0.29, 0.717) is 12.1 Å². The van der Waals surface area contributed by atoms with Crippen LogP contribution in [0.5, 0.6) is 0 Å². The smallest absolute Gasteiger partial charge is 0.195 e. The molecule has 1 heterocycles. The number of nitrogens with two attached hydrogens (primary N) is 1. The lowest BCUT2D eigenvalue weighted by molar-refractivity contribution is 0.372. The van der Waals surface area contributed by atoms with Crippen molar-refractivity contribution in [1.29, 1.82) is 0 Å². The van der Waals surface area contributed by atoms with Gasteiger partial charge in [0.2, 0.25) is 0 Å². The highest BCUT2D eigenvalue weighted by Crippen LogP contribution is 2.26. The summed E-state index contributed by atoms with van der Waals surface area (Å²) in [6, 6.07) is 5.06. The van der Waals surface area contributed by atoms with Crippen LogP contribution in [0.15, 0.2) is 16.5 Å². The normalized spacial score (nSPS) is 26.6. The van der Waals surface area contributed by atoms with Crippen LogP contribution in [0.25, 0.3) is 0 Å². The van der Waals surface area contributed by atoms with Crippen LogP contribution in [0.2, 0.25) is 0 Å². The first-order chi connectivity index (χ1) is 7.16. The Kier molecular flexibility index (Phi) is 3.00. The lowest BCUT2D eigenvalue weighted by Gasteiger charge is -2.33. The third kappa shape index (κ3) is 2.34. The van der Waals surface area contributed by atoms with Crippen molar-refractivity contribution in [3.05, 3.63) is 17.9 Å². The molecular formula is C12H20N2O. The minimum absolute atomic E-state index is 0.410. The first-order valence-electron chi connectivity index (χ1n) is 5.71. The molecule has 1 saturated carbocycles. The van der Waals surface area contributed by atoms with Crippen LogP contribution in [-0.2, 0) is 0 Å². The molecule has 3 nitrogen and oxygen atoms in total. The van der Waals surface area contributed by atoms with Crippen molar-refractivity contribution in [3.8, 4) is 0 Å². The van der Waals surface area contributed by atoms with Gasteiger partial charge in [-0.15, -0.1) is 0 Å². The third-order valence-corrected chi connectivity index (χ3v) is 3.36. The Bertz CT molecular complexity index is 313. The van der Waals surface area contributed by atoms with Gasteiger partial charge in [-0.05, 0) is 38.7 Å². The largest absolute Gasteiger partial charge is 0.446 e. The highest BCUT2D eigenvalue weighted by atomic mass is 16.4. The molecule has 0 saturated heterocycles. The second-order valence-corrected chi connectivity index (χ2v) is 4.56. The molecule has 0 aromatic carbocycles. The fraction of sp³-hybridized carbons (Fsp3) is 0.667. The van der Waals surface area contributed by atoms with E-state index in [-0.39, 0.29) is 0 Å². The van der Waals surface area contributed by atoms with Crippen molar-refractivity contribution >= 4 is 5.88 Å². The maximum atomic E-state index is 5.90. The van der Waals surface area contributed by atoms with Gasteiger partial charge in [0.1, 0.15) is 5.76 Å². The molecule has 2 N–H and O–H groups in total. The topological polar surface area (TPSA) is 42.4 Å². The molecule has 0 atom stereocenters. The number of hydrogen-bond acceptors (Lipinski definition) is 3. The van der Waals surface area contributed by atoms with Crippen LogP contribution < -0.4 is 10.6 Å². The minimum atomic E-state index is 0.410. The molecule has 3 heteroatoms. The second kappa shape index (κ2) is 4.27. The van der Waals surface area contributed by atoms with E-state index < -0.39 is 0 Å². The molecule has 1 aliphatic rings. The van der Waals surface area contributed by atoms with Gasteiger partial charge in [-0.1, -0.05) is 0 Å². The van der Waals surface area contributed by atoms with Gasteiger partial charge >= 0.3 is 0 Å². The predicted octanol–water partition coefficient (Wildman–Crippen LogP) is 2.29. The Morgan fingerprint density at radius 3 is 2.47 bits per heavy atom. The zero-order valence-electron chi connectivity index (χ0n) is 9.57. The number of aryl methyl sites for hydroxylation is 1. The average Bonchev–Trinajstić information content (AvgIpc) is 2.65. The summed E-state index contributed by atoms with van der Waals surface area (Å²) < 4.78 is 5.62. The zero-order valence-corrected chi connectivity index (χ0v) is 9.57. The molecule has 0 aliphatic heterocycles. The van der Waals surface area contributed by atoms with E-state index in [2.05, 4.69) is 11.9 Å². The van der Waals surface area contributed by atoms with Gasteiger partial charge in [0.15, 0.2) is 5.88 Å². The SMILES string of the molecule is Cc1ccc(N(C)C2CCC(N)CC2)o1. The lowest BCUT2D eigenvalue weighted by atomic mass is 9.91. The number of hydrogen-bond donors (Lipinski definition) is 1. The quantitative estimate of drug-likeness (QED) is 0.811. The lowest BCUT2D eigenvalue weighted by Crippen LogP contribution is -2.38. The molecule has 0 bridgehead atoms. The Morgan fingerprint density at radius 2 is 1.93 bits per heavy atom. The van der Waals surface area contributed by atoms with Crippen molar-refractivity contribution in [3.63, 3.8) is 0 Å². The molecule has 0 unspecified atom stereocenters. The van der Waals surface area contributed by atoms with Crippen molar-refractivity contribution in [1.82, 2.24) is 0 Å². The molecule has 0 amide bonds. The van der Waals surface area contributed by atoms with Crippen LogP contribution in [-0.4, -0.2) is 19.1 Å². The number of rotatable bonds is 2.